The Labute approximate surface area is 107 Å². The average molecular weight is 244 g/mol. The van der Waals surface area contributed by atoms with Crippen LogP contribution in [-0.2, 0) is 6.42 Å². The fourth-order valence-electron chi connectivity index (χ4n) is 1.84. The minimum absolute atomic E-state index is 0.128. The molecular formula is C15H17FN2. The molecule has 1 heterocycles. The minimum atomic E-state index is -0.271. The quantitative estimate of drug-likeness (QED) is 0.751. The van der Waals surface area contributed by atoms with Gasteiger partial charge in [-0.3, -0.25) is 9.98 Å². The number of para-hydroxylation sites is 1. The molecule has 0 atom stereocenters. The van der Waals surface area contributed by atoms with Gasteiger partial charge in [-0.15, -0.1) is 0 Å². The molecule has 0 saturated heterocycles. The molecule has 0 spiro atoms. The Hall–Kier alpha value is -1.77. The van der Waals surface area contributed by atoms with E-state index in [0.29, 0.717) is 5.52 Å². The summed E-state index contributed by atoms with van der Waals surface area (Å²) in [7, 11) is 0. The van der Waals surface area contributed by atoms with Crippen LogP contribution in [-0.4, -0.2) is 17.2 Å². The number of nitrogens with zero attached hydrogens (tertiary/aromatic N) is 2. The highest BCUT2D eigenvalue weighted by atomic mass is 19.1. The fourth-order valence-corrected chi connectivity index (χ4v) is 1.84. The van der Waals surface area contributed by atoms with Crippen LogP contribution in [0.5, 0.6) is 0 Å². The Kier molecular flexibility index (Phi) is 3.41. The molecule has 0 unspecified atom stereocenters. The zero-order valence-electron chi connectivity index (χ0n) is 10.8. The molecule has 1 aromatic carbocycles. The molecule has 0 bridgehead atoms. The number of aryl methyl sites for hydroxylation is 1. The minimum Gasteiger partial charge on any atom is -0.295 e. The molecule has 2 nitrogen and oxygen atoms in total. The molecular weight excluding hydrogens is 227 g/mol. The van der Waals surface area contributed by atoms with E-state index < -0.39 is 0 Å². The van der Waals surface area contributed by atoms with Gasteiger partial charge in [0.1, 0.15) is 11.3 Å². The van der Waals surface area contributed by atoms with Gasteiger partial charge in [-0.25, -0.2) is 4.39 Å². The Bertz CT molecular complexity index is 576. The summed E-state index contributed by atoms with van der Waals surface area (Å²) in [6.45, 7) is 7.69. The number of hydrogen-bond donors (Lipinski definition) is 0. The van der Waals surface area contributed by atoms with Gasteiger partial charge in [0.15, 0.2) is 0 Å². The second-order valence-corrected chi connectivity index (χ2v) is 5.13. The number of hydrogen-bond acceptors (Lipinski definition) is 2. The third-order valence-electron chi connectivity index (χ3n) is 3.17. The number of rotatable bonds is 4. The summed E-state index contributed by atoms with van der Waals surface area (Å²) in [5, 5.41) is 0.844. The molecule has 0 fully saturated rings. The van der Waals surface area contributed by atoms with Crippen molar-refractivity contribution in [2.45, 2.75) is 32.2 Å². The van der Waals surface area contributed by atoms with Crippen LogP contribution in [0.4, 0.5) is 4.39 Å². The number of aromatic nitrogens is 1. The summed E-state index contributed by atoms with van der Waals surface area (Å²) in [6, 6.07) is 7.01. The van der Waals surface area contributed by atoms with E-state index in [-0.39, 0.29) is 11.4 Å². The molecule has 0 aliphatic carbocycles. The predicted octanol–water partition coefficient (Wildman–Crippen LogP) is 3.79. The summed E-state index contributed by atoms with van der Waals surface area (Å²) >= 11 is 0. The molecule has 0 saturated carbocycles. The van der Waals surface area contributed by atoms with E-state index in [9.17, 15) is 4.39 Å². The van der Waals surface area contributed by atoms with Gasteiger partial charge in [-0.2, -0.15) is 0 Å². The normalized spacial score (nSPS) is 11.7. The van der Waals surface area contributed by atoms with Crippen molar-refractivity contribution in [2.24, 2.45) is 4.99 Å². The lowest BCUT2D eigenvalue weighted by Crippen LogP contribution is -2.16. The number of aliphatic imine (C=N–C) groups is 1. The summed E-state index contributed by atoms with van der Waals surface area (Å²) in [5.41, 5.74) is 1.41. The fraction of sp³-hybridized carbons (Fsp3) is 0.333. The molecule has 0 radical (unpaired) electrons. The summed E-state index contributed by atoms with van der Waals surface area (Å²) in [6.07, 6.45) is 3.51. The topological polar surface area (TPSA) is 25.2 Å². The molecule has 0 aliphatic heterocycles. The van der Waals surface area contributed by atoms with E-state index in [1.165, 1.54) is 6.07 Å². The summed E-state index contributed by atoms with van der Waals surface area (Å²) in [5.74, 6) is -0.271. The van der Waals surface area contributed by atoms with Gasteiger partial charge in [-0.1, -0.05) is 12.1 Å². The molecule has 0 amide bonds. The monoisotopic (exact) mass is 244 g/mol. The average Bonchev–Trinajstić information content (AvgIpc) is 2.37. The molecule has 94 valence electrons. The second-order valence-electron chi connectivity index (χ2n) is 5.13. The number of benzene rings is 1. The van der Waals surface area contributed by atoms with Crippen LogP contribution in [0.3, 0.4) is 0 Å². The van der Waals surface area contributed by atoms with Crippen molar-refractivity contribution in [1.29, 1.82) is 0 Å². The smallest absolute Gasteiger partial charge is 0.149 e. The first-order chi connectivity index (χ1) is 8.52. The third kappa shape index (κ3) is 2.73. The lowest BCUT2D eigenvalue weighted by atomic mass is 9.96. The maximum absolute atomic E-state index is 13.5. The van der Waals surface area contributed by atoms with E-state index in [1.54, 1.807) is 12.3 Å². The van der Waals surface area contributed by atoms with Crippen LogP contribution < -0.4 is 0 Å². The van der Waals surface area contributed by atoms with Crippen molar-refractivity contribution in [3.05, 3.63) is 41.8 Å². The summed E-state index contributed by atoms with van der Waals surface area (Å²) in [4.78, 5) is 8.27. The van der Waals surface area contributed by atoms with Gasteiger partial charge >= 0.3 is 0 Å². The van der Waals surface area contributed by atoms with Gasteiger partial charge in [0.2, 0.25) is 0 Å². The van der Waals surface area contributed by atoms with E-state index in [2.05, 4.69) is 16.7 Å². The van der Waals surface area contributed by atoms with Crippen molar-refractivity contribution >= 4 is 17.6 Å². The highest BCUT2D eigenvalue weighted by Gasteiger charge is 2.14. The largest absolute Gasteiger partial charge is 0.295 e. The first-order valence-corrected chi connectivity index (χ1v) is 6.03. The molecule has 3 heteroatoms. The van der Waals surface area contributed by atoms with Gasteiger partial charge in [0.05, 0.1) is 5.54 Å². The Morgan fingerprint density at radius 1 is 1.39 bits per heavy atom. The van der Waals surface area contributed by atoms with Gasteiger partial charge in [0, 0.05) is 11.6 Å². The van der Waals surface area contributed by atoms with Crippen molar-refractivity contribution in [2.75, 3.05) is 0 Å². The van der Waals surface area contributed by atoms with Crippen molar-refractivity contribution in [3.63, 3.8) is 0 Å². The highest BCUT2D eigenvalue weighted by molar-refractivity contribution is 5.79. The van der Waals surface area contributed by atoms with Crippen LogP contribution in [0.1, 0.15) is 25.8 Å². The van der Waals surface area contributed by atoms with Crippen LogP contribution in [0.25, 0.3) is 10.9 Å². The highest BCUT2D eigenvalue weighted by Crippen LogP contribution is 2.20. The van der Waals surface area contributed by atoms with E-state index in [1.807, 2.05) is 26.0 Å². The second kappa shape index (κ2) is 4.84. The standard InChI is InChI=1S/C15H17FN2/c1-15(2,17-3)8-7-11-9-12-5-4-6-13(16)14(12)18-10-11/h4-6,9-10H,3,7-8H2,1-2H3. The number of pyridine rings is 1. The van der Waals surface area contributed by atoms with E-state index in [4.69, 9.17) is 0 Å². The lowest BCUT2D eigenvalue weighted by Gasteiger charge is -2.18. The first-order valence-electron chi connectivity index (χ1n) is 6.03. The number of halogens is 1. The molecule has 0 aliphatic rings. The van der Waals surface area contributed by atoms with Gasteiger partial charge in [0.25, 0.3) is 0 Å². The van der Waals surface area contributed by atoms with Gasteiger partial charge in [-0.05, 0) is 51.1 Å². The molecule has 18 heavy (non-hydrogen) atoms. The van der Waals surface area contributed by atoms with Crippen molar-refractivity contribution < 1.29 is 4.39 Å². The zero-order chi connectivity index (χ0) is 13.2. The Morgan fingerprint density at radius 3 is 2.89 bits per heavy atom. The third-order valence-corrected chi connectivity index (χ3v) is 3.17. The molecule has 0 N–H and O–H groups in total. The van der Waals surface area contributed by atoms with E-state index in [0.717, 1.165) is 23.8 Å². The number of fused-ring (bicyclic) bond motifs is 1. The van der Waals surface area contributed by atoms with Crippen LogP contribution >= 0.6 is 0 Å². The van der Waals surface area contributed by atoms with Crippen LogP contribution in [0.15, 0.2) is 35.5 Å². The zero-order valence-corrected chi connectivity index (χ0v) is 10.8. The van der Waals surface area contributed by atoms with Crippen LogP contribution in [0, 0.1) is 5.82 Å². The van der Waals surface area contributed by atoms with Crippen LogP contribution in [0.2, 0.25) is 0 Å². The maximum atomic E-state index is 13.5. The SMILES string of the molecule is C=NC(C)(C)CCc1cnc2c(F)cccc2c1. The maximum Gasteiger partial charge on any atom is 0.149 e. The Morgan fingerprint density at radius 2 is 2.17 bits per heavy atom. The first kappa shape index (κ1) is 12.7. The molecule has 2 aromatic rings. The van der Waals surface area contributed by atoms with E-state index >= 15 is 0 Å². The lowest BCUT2D eigenvalue weighted by molar-refractivity contribution is 0.483. The molecule has 1 aromatic heterocycles. The predicted molar refractivity (Wildman–Crippen MR) is 73.7 cm³/mol. The summed E-state index contributed by atoms with van der Waals surface area (Å²) < 4.78 is 13.5. The van der Waals surface area contributed by atoms with Crippen molar-refractivity contribution in [3.8, 4) is 0 Å². The van der Waals surface area contributed by atoms with Gasteiger partial charge < -0.3 is 0 Å². The molecule has 2 rings (SSSR count). The van der Waals surface area contributed by atoms with Crippen molar-refractivity contribution in [1.82, 2.24) is 4.98 Å². The Balaban J connectivity index is 2.23.